The standard InChI is InChI=1S/C19H17NO4/c1-2-24-15-7-8-16-13(11-15)9-10-20(18(16)21)12-14-5-3-4-6-17(14)19(22)23/h3-11H,2,12H2,1H3,(H,22,23). The van der Waals surface area contributed by atoms with E-state index in [1.165, 1.54) is 10.6 Å². The van der Waals surface area contributed by atoms with Crippen LogP contribution in [0.25, 0.3) is 10.8 Å². The molecule has 0 aliphatic heterocycles. The number of aromatic nitrogens is 1. The minimum atomic E-state index is -0.999. The van der Waals surface area contributed by atoms with E-state index >= 15 is 0 Å². The fourth-order valence-corrected chi connectivity index (χ4v) is 2.70. The number of carbonyl (C=O) groups is 1. The zero-order valence-corrected chi connectivity index (χ0v) is 13.2. The summed E-state index contributed by atoms with van der Waals surface area (Å²) in [6.45, 7) is 2.68. The summed E-state index contributed by atoms with van der Waals surface area (Å²) in [6, 6.07) is 13.9. The molecule has 0 unspecified atom stereocenters. The molecule has 3 aromatic rings. The molecule has 0 radical (unpaired) electrons. The lowest BCUT2D eigenvalue weighted by molar-refractivity contribution is 0.0695. The fourth-order valence-electron chi connectivity index (χ4n) is 2.70. The lowest BCUT2D eigenvalue weighted by Gasteiger charge is -2.10. The van der Waals surface area contributed by atoms with Gasteiger partial charge >= 0.3 is 5.97 Å². The lowest BCUT2D eigenvalue weighted by Crippen LogP contribution is -2.21. The van der Waals surface area contributed by atoms with Crippen molar-refractivity contribution in [2.24, 2.45) is 0 Å². The predicted molar refractivity (Wildman–Crippen MR) is 91.9 cm³/mol. The Bertz CT molecular complexity index is 959. The third-order valence-electron chi connectivity index (χ3n) is 3.85. The van der Waals surface area contributed by atoms with E-state index in [9.17, 15) is 14.7 Å². The number of ether oxygens (including phenoxy) is 1. The largest absolute Gasteiger partial charge is 0.494 e. The Kier molecular flexibility index (Phi) is 4.33. The highest BCUT2D eigenvalue weighted by molar-refractivity contribution is 5.89. The van der Waals surface area contributed by atoms with Crippen molar-refractivity contribution in [1.29, 1.82) is 0 Å². The summed E-state index contributed by atoms with van der Waals surface area (Å²) in [5, 5.41) is 10.6. The highest BCUT2D eigenvalue weighted by Gasteiger charge is 2.11. The lowest BCUT2D eigenvalue weighted by atomic mass is 10.1. The summed E-state index contributed by atoms with van der Waals surface area (Å²) < 4.78 is 6.97. The first-order chi connectivity index (χ1) is 11.6. The molecule has 0 bridgehead atoms. The van der Waals surface area contributed by atoms with Gasteiger partial charge in [-0.2, -0.15) is 0 Å². The molecule has 0 aliphatic rings. The summed E-state index contributed by atoms with van der Waals surface area (Å²) in [7, 11) is 0. The molecular weight excluding hydrogens is 306 g/mol. The summed E-state index contributed by atoms with van der Waals surface area (Å²) in [5.74, 6) is -0.279. The number of carboxylic acid groups (broad SMARTS) is 1. The Labute approximate surface area is 138 Å². The minimum absolute atomic E-state index is 0.157. The first kappa shape index (κ1) is 15.8. The Morgan fingerprint density at radius 1 is 1.17 bits per heavy atom. The van der Waals surface area contributed by atoms with Crippen molar-refractivity contribution >= 4 is 16.7 Å². The SMILES string of the molecule is CCOc1ccc2c(=O)n(Cc3ccccc3C(=O)O)ccc2c1. The van der Waals surface area contributed by atoms with Crippen molar-refractivity contribution in [3.8, 4) is 5.75 Å². The Hall–Kier alpha value is -3.08. The third-order valence-corrected chi connectivity index (χ3v) is 3.85. The van der Waals surface area contributed by atoms with Gasteiger partial charge in [0, 0.05) is 11.6 Å². The van der Waals surface area contributed by atoms with E-state index in [1.54, 1.807) is 36.5 Å². The molecule has 1 N–H and O–H groups in total. The second-order valence-corrected chi connectivity index (χ2v) is 5.39. The Balaban J connectivity index is 2.02. The molecular formula is C19H17NO4. The van der Waals surface area contributed by atoms with Crippen LogP contribution in [0.15, 0.2) is 59.5 Å². The van der Waals surface area contributed by atoms with Crippen LogP contribution in [-0.4, -0.2) is 22.2 Å². The van der Waals surface area contributed by atoms with E-state index in [1.807, 2.05) is 19.1 Å². The summed E-state index contributed by atoms with van der Waals surface area (Å²) in [6.07, 6.45) is 1.68. The van der Waals surface area contributed by atoms with Gasteiger partial charge in [0.15, 0.2) is 0 Å². The van der Waals surface area contributed by atoms with Crippen molar-refractivity contribution in [2.45, 2.75) is 13.5 Å². The van der Waals surface area contributed by atoms with E-state index in [0.717, 1.165) is 11.1 Å². The number of hydrogen-bond donors (Lipinski definition) is 1. The van der Waals surface area contributed by atoms with Gasteiger partial charge in [0.25, 0.3) is 5.56 Å². The molecule has 5 heteroatoms. The van der Waals surface area contributed by atoms with Gasteiger partial charge in [-0.05, 0) is 48.2 Å². The van der Waals surface area contributed by atoms with Crippen molar-refractivity contribution in [3.05, 3.63) is 76.2 Å². The molecule has 24 heavy (non-hydrogen) atoms. The van der Waals surface area contributed by atoms with Crippen LogP contribution in [0, 0.1) is 0 Å². The predicted octanol–water partition coefficient (Wildman–Crippen LogP) is 3.15. The number of fused-ring (bicyclic) bond motifs is 1. The van der Waals surface area contributed by atoms with Crippen LogP contribution in [0.1, 0.15) is 22.8 Å². The molecule has 0 spiro atoms. The van der Waals surface area contributed by atoms with E-state index in [4.69, 9.17) is 4.74 Å². The number of benzene rings is 2. The summed E-state index contributed by atoms with van der Waals surface area (Å²) >= 11 is 0. The third kappa shape index (κ3) is 3.01. The number of rotatable bonds is 5. The molecule has 0 saturated heterocycles. The van der Waals surface area contributed by atoms with Gasteiger partial charge < -0.3 is 14.4 Å². The average molecular weight is 323 g/mol. The zero-order valence-electron chi connectivity index (χ0n) is 13.2. The average Bonchev–Trinajstić information content (AvgIpc) is 2.58. The van der Waals surface area contributed by atoms with Crippen molar-refractivity contribution < 1.29 is 14.6 Å². The minimum Gasteiger partial charge on any atom is -0.494 e. The van der Waals surface area contributed by atoms with Gasteiger partial charge in [0.1, 0.15) is 5.75 Å². The Morgan fingerprint density at radius 2 is 1.96 bits per heavy atom. The molecule has 0 saturated carbocycles. The van der Waals surface area contributed by atoms with Crippen LogP contribution in [-0.2, 0) is 6.54 Å². The monoisotopic (exact) mass is 323 g/mol. The van der Waals surface area contributed by atoms with E-state index in [2.05, 4.69) is 0 Å². The highest BCUT2D eigenvalue weighted by atomic mass is 16.5. The molecule has 0 fully saturated rings. The van der Waals surface area contributed by atoms with E-state index < -0.39 is 5.97 Å². The van der Waals surface area contributed by atoms with Crippen LogP contribution < -0.4 is 10.3 Å². The number of nitrogens with zero attached hydrogens (tertiary/aromatic N) is 1. The number of aromatic carboxylic acids is 1. The van der Waals surface area contributed by atoms with Crippen molar-refractivity contribution in [2.75, 3.05) is 6.61 Å². The maximum atomic E-state index is 12.7. The van der Waals surface area contributed by atoms with Gasteiger partial charge in [-0.15, -0.1) is 0 Å². The van der Waals surface area contributed by atoms with Crippen LogP contribution in [0.5, 0.6) is 5.75 Å². The normalized spacial score (nSPS) is 10.7. The van der Waals surface area contributed by atoms with Gasteiger partial charge in [0.05, 0.1) is 18.7 Å². The van der Waals surface area contributed by atoms with Gasteiger partial charge in [-0.3, -0.25) is 4.79 Å². The van der Waals surface area contributed by atoms with E-state index in [-0.39, 0.29) is 17.7 Å². The van der Waals surface area contributed by atoms with Crippen LogP contribution in [0.2, 0.25) is 0 Å². The van der Waals surface area contributed by atoms with Crippen LogP contribution in [0.4, 0.5) is 0 Å². The topological polar surface area (TPSA) is 68.5 Å². The van der Waals surface area contributed by atoms with E-state index in [0.29, 0.717) is 17.6 Å². The summed E-state index contributed by atoms with van der Waals surface area (Å²) in [5.41, 5.74) is 0.643. The maximum absolute atomic E-state index is 12.7. The fraction of sp³-hybridized carbons (Fsp3) is 0.158. The number of carboxylic acids is 1. The second-order valence-electron chi connectivity index (χ2n) is 5.39. The first-order valence-electron chi connectivity index (χ1n) is 7.67. The molecule has 5 nitrogen and oxygen atoms in total. The van der Waals surface area contributed by atoms with Crippen LogP contribution >= 0.6 is 0 Å². The van der Waals surface area contributed by atoms with Crippen molar-refractivity contribution in [1.82, 2.24) is 4.57 Å². The molecule has 0 atom stereocenters. The number of hydrogen-bond acceptors (Lipinski definition) is 3. The van der Waals surface area contributed by atoms with Crippen molar-refractivity contribution in [3.63, 3.8) is 0 Å². The molecule has 1 aromatic heterocycles. The zero-order chi connectivity index (χ0) is 17.1. The second kappa shape index (κ2) is 6.58. The molecule has 3 rings (SSSR count). The maximum Gasteiger partial charge on any atom is 0.336 e. The molecule has 0 aliphatic carbocycles. The smallest absolute Gasteiger partial charge is 0.336 e. The summed E-state index contributed by atoms with van der Waals surface area (Å²) in [4.78, 5) is 24.0. The van der Waals surface area contributed by atoms with Gasteiger partial charge in [-0.25, -0.2) is 4.79 Å². The molecule has 2 aromatic carbocycles. The molecule has 1 heterocycles. The van der Waals surface area contributed by atoms with Gasteiger partial charge in [0.2, 0.25) is 0 Å². The van der Waals surface area contributed by atoms with Crippen LogP contribution in [0.3, 0.4) is 0 Å². The highest BCUT2D eigenvalue weighted by Crippen LogP contribution is 2.19. The quantitative estimate of drug-likeness (QED) is 0.783. The number of pyridine rings is 1. The Morgan fingerprint density at radius 3 is 2.71 bits per heavy atom. The van der Waals surface area contributed by atoms with Gasteiger partial charge in [-0.1, -0.05) is 18.2 Å². The first-order valence-corrected chi connectivity index (χ1v) is 7.67. The molecule has 0 amide bonds. The molecule has 122 valence electrons.